The zero-order valence-electron chi connectivity index (χ0n) is 11.7. The lowest BCUT2D eigenvalue weighted by Crippen LogP contribution is -2.37. The van der Waals surface area contributed by atoms with E-state index in [9.17, 15) is 4.79 Å². The normalized spacial score (nSPS) is 12.3. The van der Waals surface area contributed by atoms with E-state index in [0.717, 1.165) is 15.6 Å². The van der Waals surface area contributed by atoms with Crippen molar-refractivity contribution >= 4 is 27.9 Å². The van der Waals surface area contributed by atoms with Gasteiger partial charge in [0.25, 0.3) is 0 Å². The van der Waals surface area contributed by atoms with Crippen LogP contribution in [0.5, 0.6) is 0 Å². The lowest BCUT2D eigenvalue weighted by atomic mass is 10.1. The molecule has 0 radical (unpaired) electrons. The van der Waals surface area contributed by atoms with E-state index in [2.05, 4.69) is 26.8 Å². The van der Waals surface area contributed by atoms with Crippen molar-refractivity contribution < 1.29 is 4.79 Å². The summed E-state index contributed by atoms with van der Waals surface area (Å²) in [4.78, 5) is 11.1. The molecule has 0 fully saturated rings. The highest BCUT2D eigenvalue weighted by Gasteiger charge is 2.08. The number of benzene rings is 2. The molecule has 0 aromatic heterocycles. The van der Waals surface area contributed by atoms with E-state index in [0.29, 0.717) is 0 Å². The third kappa shape index (κ3) is 5.17. The second-order valence-corrected chi connectivity index (χ2v) is 5.54. The maximum Gasteiger partial charge on any atom is 0.230 e. The number of hydrogen-bond acceptors (Lipinski definition) is 2. The maximum atomic E-state index is 11.1. The Morgan fingerprint density at radius 2 is 1.90 bits per heavy atom. The Hall–Kier alpha value is -1.91. The smallest absolute Gasteiger partial charge is 0.230 e. The number of hydrogen-bond donors (Lipinski definition) is 2. The molecule has 0 aliphatic carbocycles. The van der Waals surface area contributed by atoms with E-state index < -0.39 is 0 Å². The molecule has 1 atom stereocenters. The summed E-state index contributed by atoms with van der Waals surface area (Å²) in [5, 5.41) is 0. The first kappa shape index (κ1) is 15.5. The minimum Gasteiger partial charge on any atom is -0.291 e. The van der Waals surface area contributed by atoms with Gasteiger partial charge in [0.05, 0.1) is 6.04 Å². The van der Waals surface area contributed by atoms with Crippen LogP contribution in [-0.4, -0.2) is 5.91 Å². The van der Waals surface area contributed by atoms with Crippen molar-refractivity contribution in [3.63, 3.8) is 0 Å². The first-order chi connectivity index (χ1) is 10.1. The van der Waals surface area contributed by atoms with Gasteiger partial charge in [0.2, 0.25) is 5.91 Å². The quantitative estimate of drug-likeness (QED) is 0.809. The van der Waals surface area contributed by atoms with Crippen LogP contribution < -0.4 is 10.9 Å². The van der Waals surface area contributed by atoms with E-state index >= 15 is 0 Å². The predicted octanol–water partition coefficient (Wildman–Crippen LogP) is 3.84. The predicted molar refractivity (Wildman–Crippen MR) is 89.3 cm³/mol. The molecule has 1 amide bonds. The Balaban J connectivity index is 2.19. The summed E-state index contributed by atoms with van der Waals surface area (Å²) < 4.78 is 1.00. The van der Waals surface area contributed by atoms with Gasteiger partial charge in [-0.2, -0.15) is 0 Å². The fourth-order valence-electron chi connectivity index (χ4n) is 1.89. The number of amides is 1. The van der Waals surface area contributed by atoms with Crippen LogP contribution in [0, 0.1) is 0 Å². The molecule has 2 rings (SSSR count). The van der Waals surface area contributed by atoms with Crippen LogP contribution in [0.25, 0.3) is 6.08 Å². The zero-order chi connectivity index (χ0) is 15.1. The van der Waals surface area contributed by atoms with Gasteiger partial charge in [-0.05, 0) is 23.3 Å². The highest BCUT2D eigenvalue weighted by molar-refractivity contribution is 9.10. The molecule has 3 nitrogen and oxygen atoms in total. The Bertz CT molecular complexity index is 626. The topological polar surface area (TPSA) is 41.1 Å². The van der Waals surface area contributed by atoms with Crippen molar-refractivity contribution in [3.05, 3.63) is 76.3 Å². The summed E-state index contributed by atoms with van der Waals surface area (Å²) in [5.74, 6) is -0.122. The van der Waals surface area contributed by atoms with Gasteiger partial charge in [-0.15, -0.1) is 0 Å². The van der Waals surface area contributed by atoms with Crippen LogP contribution in [0.1, 0.15) is 24.1 Å². The van der Waals surface area contributed by atoms with Gasteiger partial charge >= 0.3 is 0 Å². The molecule has 21 heavy (non-hydrogen) atoms. The fourth-order valence-corrected chi connectivity index (χ4v) is 2.31. The standard InChI is InChI=1S/C17H17BrN2O/c1-13(21)19-20-17(15-8-5-9-16(18)12-15)11-10-14-6-3-2-4-7-14/h2-12,17,20H,1H3,(H,19,21)/b11-10+/t17-/m1/s1. The van der Waals surface area contributed by atoms with Crippen molar-refractivity contribution in [2.24, 2.45) is 0 Å². The van der Waals surface area contributed by atoms with Crippen LogP contribution in [0.4, 0.5) is 0 Å². The molecule has 2 aromatic carbocycles. The zero-order valence-corrected chi connectivity index (χ0v) is 13.3. The lowest BCUT2D eigenvalue weighted by molar-refractivity contribution is -0.120. The summed E-state index contributed by atoms with van der Waals surface area (Å²) in [7, 11) is 0. The fraction of sp³-hybridized carbons (Fsp3) is 0.118. The van der Waals surface area contributed by atoms with Gasteiger partial charge in [0.1, 0.15) is 0 Å². The highest BCUT2D eigenvalue weighted by Crippen LogP contribution is 2.20. The second kappa shape index (κ2) is 7.76. The van der Waals surface area contributed by atoms with Crippen LogP contribution in [-0.2, 0) is 4.79 Å². The number of rotatable bonds is 5. The Kier molecular flexibility index (Phi) is 5.72. The lowest BCUT2D eigenvalue weighted by Gasteiger charge is -2.16. The van der Waals surface area contributed by atoms with Crippen LogP contribution in [0.15, 0.2) is 65.1 Å². The molecule has 108 valence electrons. The van der Waals surface area contributed by atoms with Crippen LogP contribution >= 0.6 is 15.9 Å². The van der Waals surface area contributed by atoms with E-state index in [1.807, 2.05) is 66.7 Å². The number of carbonyl (C=O) groups excluding carboxylic acids is 1. The van der Waals surface area contributed by atoms with E-state index in [1.165, 1.54) is 6.92 Å². The number of carbonyl (C=O) groups is 1. The van der Waals surface area contributed by atoms with Gasteiger partial charge < -0.3 is 0 Å². The van der Waals surface area contributed by atoms with Gasteiger partial charge in [-0.25, -0.2) is 5.43 Å². The molecular weight excluding hydrogens is 328 g/mol. The molecule has 0 bridgehead atoms. The number of nitrogens with one attached hydrogen (secondary N) is 2. The molecule has 2 N–H and O–H groups in total. The van der Waals surface area contributed by atoms with E-state index in [-0.39, 0.29) is 11.9 Å². The number of halogens is 1. The molecule has 0 spiro atoms. The number of hydrazine groups is 1. The van der Waals surface area contributed by atoms with Crippen LogP contribution in [0.2, 0.25) is 0 Å². The summed E-state index contributed by atoms with van der Waals surface area (Å²) in [6.45, 7) is 1.48. The Morgan fingerprint density at radius 1 is 1.14 bits per heavy atom. The second-order valence-electron chi connectivity index (χ2n) is 4.63. The Morgan fingerprint density at radius 3 is 2.57 bits per heavy atom. The minimum atomic E-state index is -0.122. The molecule has 0 aliphatic heterocycles. The Labute approximate surface area is 133 Å². The SMILES string of the molecule is CC(=O)NN[C@H](/C=C/c1ccccc1)c1cccc(Br)c1. The van der Waals surface area contributed by atoms with Gasteiger partial charge in [-0.1, -0.05) is 70.5 Å². The van der Waals surface area contributed by atoms with Gasteiger partial charge in [0, 0.05) is 11.4 Å². The molecule has 0 unspecified atom stereocenters. The summed E-state index contributed by atoms with van der Waals surface area (Å²) in [6.07, 6.45) is 4.05. The average Bonchev–Trinajstić information content (AvgIpc) is 2.48. The summed E-state index contributed by atoms with van der Waals surface area (Å²) in [5.41, 5.74) is 7.84. The van der Waals surface area contributed by atoms with Crippen molar-refractivity contribution in [2.45, 2.75) is 13.0 Å². The molecule has 2 aromatic rings. The minimum absolute atomic E-state index is 0.105. The van der Waals surface area contributed by atoms with Crippen molar-refractivity contribution in [3.8, 4) is 0 Å². The third-order valence-electron chi connectivity index (χ3n) is 2.89. The first-order valence-electron chi connectivity index (χ1n) is 6.66. The van der Waals surface area contributed by atoms with Gasteiger partial charge in [-0.3, -0.25) is 10.2 Å². The van der Waals surface area contributed by atoms with Gasteiger partial charge in [0.15, 0.2) is 0 Å². The van der Waals surface area contributed by atoms with E-state index in [1.54, 1.807) is 0 Å². The largest absolute Gasteiger partial charge is 0.291 e. The molecule has 0 aliphatic rings. The van der Waals surface area contributed by atoms with Crippen molar-refractivity contribution in [1.82, 2.24) is 10.9 Å². The molecular formula is C17H17BrN2O. The van der Waals surface area contributed by atoms with Crippen molar-refractivity contribution in [2.75, 3.05) is 0 Å². The highest BCUT2D eigenvalue weighted by atomic mass is 79.9. The molecule has 4 heteroatoms. The van der Waals surface area contributed by atoms with Crippen molar-refractivity contribution in [1.29, 1.82) is 0 Å². The molecule has 0 saturated carbocycles. The first-order valence-corrected chi connectivity index (χ1v) is 7.45. The van der Waals surface area contributed by atoms with E-state index in [4.69, 9.17) is 0 Å². The summed E-state index contributed by atoms with van der Waals surface area (Å²) in [6, 6.07) is 17.9. The third-order valence-corrected chi connectivity index (χ3v) is 3.39. The maximum absolute atomic E-state index is 11.1. The molecule has 0 heterocycles. The monoisotopic (exact) mass is 344 g/mol. The van der Waals surface area contributed by atoms with Crippen LogP contribution in [0.3, 0.4) is 0 Å². The molecule has 0 saturated heterocycles. The average molecular weight is 345 g/mol. The summed E-state index contributed by atoms with van der Waals surface area (Å²) >= 11 is 3.47.